The zero-order valence-electron chi connectivity index (χ0n) is 20.2. The summed E-state index contributed by atoms with van der Waals surface area (Å²) < 4.78 is 35.3. The van der Waals surface area contributed by atoms with E-state index in [1.165, 1.54) is 0 Å². The highest BCUT2D eigenvalue weighted by Crippen LogP contribution is 2.25. The van der Waals surface area contributed by atoms with Gasteiger partial charge in [0.05, 0.1) is 23.8 Å². The molecule has 1 fully saturated rings. The summed E-state index contributed by atoms with van der Waals surface area (Å²) in [5.74, 6) is 0.454. The Labute approximate surface area is 210 Å². The van der Waals surface area contributed by atoms with E-state index in [1.54, 1.807) is 42.6 Å². The molecule has 0 amide bonds. The number of hydrogen-bond acceptors (Lipinski definition) is 7. The van der Waals surface area contributed by atoms with Crippen LogP contribution in [0.3, 0.4) is 0 Å². The molecule has 0 radical (unpaired) electrons. The van der Waals surface area contributed by atoms with Crippen molar-refractivity contribution in [2.45, 2.75) is 18.7 Å². The minimum atomic E-state index is -3.69. The van der Waals surface area contributed by atoms with Crippen molar-refractivity contribution < 1.29 is 13.2 Å². The van der Waals surface area contributed by atoms with E-state index < -0.39 is 10.0 Å². The van der Waals surface area contributed by atoms with Gasteiger partial charge in [0.25, 0.3) is 10.0 Å². The smallest absolute Gasteiger partial charge is 0.261 e. The highest BCUT2D eigenvalue weighted by molar-refractivity contribution is 7.89. The van der Waals surface area contributed by atoms with Crippen LogP contribution in [0.2, 0.25) is 0 Å². The van der Waals surface area contributed by atoms with Gasteiger partial charge in [-0.25, -0.2) is 12.9 Å². The zero-order valence-corrected chi connectivity index (χ0v) is 21.0. The van der Waals surface area contributed by atoms with Crippen molar-refractivity contribution in [1.29, 1.82) is 0 Å². The first-order valence-electron chi connectivity index (χ1n) is 11.7. The SMILES string of the molecule is C/C=C(\C)NS(=O)(=O)c1cccc(-c2cccc3nc(Nc4ccc(N5CCOCC5)cc4)nn23)c1. The zero-order chi connectivity index (χ0) is 25.1. The standard InChI is InChI=1S/C26H28N6O3S/c1-3-19(2)30-36(33,34)23-7-4-6-20(18-23)24-8-5-9-25-28-26(29-32(24)25)27-21-10-12-22(13-11-21)31-14-16-35-17-15-31/h3-13,18,30H,14-17H2,1-2H3,(H,27,29)/b19-3+. The van der Waals surface area contributed by atoms with E-state index in [1.807, 2.05) is 36.4 Å². The molecule has 0 saturated carbocycles. The van der Waals surface area contributed by atoms with Crippen LogP contribution in [0.15, 0.2) is 83.4 Å². The number of nitrogens with zero attached hydrogens (tertiary/aromatic N) is 4. The molecule has 36 heavy (non-hydrogen) atoms. The third-order valence-electron chi connectivity index (χ3n) is 6.03. The molecule has 1 saturated heterocycles. The second-order valence-corrected chi connectivity index (χ2v) is 10.2. The van der Waals surface area contributed by atoms with Crippen LogP contribution in [0.1, 0.15) is 13.8 Å². The molecule has 1 aliphatic rings. The average Bonchev–Trinajstić information content (AvgIpc) is 3.32. The number of aromatic nitrogens is 3. The van der Waals surface area contributed by atoms with Crippen LogP contribution in [0.4, 0.5) is 17.3 Å². The lowest BCUT2D eigenvalue weighted by molar-refractivity contribution is 0.122. The van der Waals surface area contributed by atoms with Crippen molar-refractivity contribution in [2.75, 3.05) is 36.5 Å². The Morgan fingerprint density at radius 2 is 1.78 bits per heavy atom. The van der Waals surface area contributed by atoms with Gasteiger partial charge in [0, 0.05) is 35.7 Å². The number of rotatable bonds is 7. The van der Waals surface area contributed by atoms with Crippen molar-refractivity contribution in [3.05, 3.63) is 78.5 Å². The lowest BCUT2D eigenvalue weighted by Crippen LogP contribution is -2.36. The average molecular weight is 505 g/mol. The van der Waals surface area contributed by atoms with E-state index in [4.69, 9.17) is 4.74 Å². The van der Waals surface area contributed by atoms with Gasteiger partial charge in [-0.1, -0.05) is 24.3 Å². The quantitative estimate of drug-likeness (QED) is 0.389. The molecule has 10 heteroatoms. The fraction of sp³-hybridized carbons (Fsp3) is 0.231. The molecule has 1 aliphatic heterocycles. The fourth-order valence-corrected chi connectivity index (χ4v) is 5.23. The van der Waals surface area contributed by atoms with Crippen molar-refractivity contribution in [3.8, 4) is 11.3 Å². The predicted molar refractivity (Wildman–Crippen MR) is 141 cm³/mol. The fourth-order valence-electron chi connectivity index (χ4n) is 4.04. The Balaban J connectivity index is 1.41. The number of allylic oxidation sites excluding steroid dienone is 2. The van der Waals surface area contributed by atoms with Gasteiger partial charge in [-0.05, 0) is 62.4 Å². The molecule has 0 aliphatic carbocycles. The van der Waals surface area contributed by atoms with Gasteiger partial charge in [-0.2, -0.15) is 4.98 Å². The maximum absolute atomic E-state index is 12.8. The number of benzene rings is 2. The predicted octanol–water partition coefficient (Wildman–Crippen LogP) is 4.18. The van der Waals surface area contributed by atoms with Crippen molar-refractivity contribution in [1.82, 2.24) is 19.3 Å². The Morgan fingerprint density at radius 1 is 1.03 bits per heavy atom. The maximum atomic E-state index is 12.8. The molecule has 186 valence electrons. The summed E-state index contributed by atoms with van der Waals surface area (Å²) in [4.78, 5) is 7.08. The van der Waals surface area contributed by atoms with Crippen LogP contribution in [0, 0.1) is 0 Å². The third kappa shape index (κ3) is 5.05. The van der Waals surface area contributed by atoms with Crippen molar-refractivity contribution in [2.24, 2.45) is 0 Å². The molecule has 0 bridgehead atoms. The molecule has 0 atom stereocenters. The van der Waals surface area contributed by atoms with Gasteiger partial charge in [-0.3, -0.25) is 4.72 Å². The number of nitrogens with one attached hydrogen (secondary N) is 2. The summed E-state index contributed by atoms with van der Waals surface area (Å²) in [5, 5.41) is 7.91. The number of sulfonamides is 1. The molecule has 2 aromatic heterocycles. The van der Waals surface area contributed by atoms with Crippen LogP contribution in [-0.4, -0.2) is 49.3 Å². The summed E-state index contributed by atoms with van der Waals surface area (Å²) >= 11 is 0. The third-order valence-corrected chi connectivity index (χ3v) is 7.49. The lowest BCUT2D eigenvalue weighted by atomic mass is 10.1. The van der Waals surface area contributed by atoms with Gasteiger partial charge in [0.1, 0.15) is 0 Å². The number of fused-ring (bicyclic) bond motifs is 1. The lowest BCUT2D eigenvalue weighted by Gasteiger charge is -2.28. The molecular weight excluding hydrogens is 476 g/mol. The number of ether oxygens (including phenoxy) is 1. The van der Waals surface area contributed by atoms with Crippen molar-refractivity contribution in [3.63, 3.8) is 0 Å². The summed E-state index contributed by atoms with van der Waals surface area (Å²) in [5.41, 5.74) is 4.69. The maximum Gasteiger partial charge on any atom is 0.261 e. The monoisotopic (exact) mass is 504 g/mol. The normalized spacial score (nSPS) is 14.7. The van der Waals surface area contributed by atoms with Crippen LogP contribution in [0.25, 0.3) is 16.9 Å². The molecule has 0 unspecified atom stereocenters. The summed E-state index contributed by atoms with van der Waals surface area (Å²) in [6.07, 6.45) is 1.71. The van der Waals surface area contributed by atoms with E-state index >= 15 is 0 Å². The summed E-state index contributed by atoms with van der Waals surface area (Å²) in [6.45, 7) is 6.75. The largest absolute Gasteiger partial charge is 0.378 e. The number of morpholine rings is 1. The Morgan fingerprint density at radius 3 is 2.53 bits per heavy atom. The highest BCUT2D eigenvalue weighted by Gasteiger charge is 2.16. The number of hydrogen-bond donors (Lipinski definition) is 2. The van der Waals surface area contributed by atoms with Crippen LogP contribution < -0.4 is 14.9 Å². The summed E-state index contributed by atoms with van der Waals surface area (Å²) in [6, 6.07) is 20.6. The Bertz CT molecular complexity index is 1510. The minimum absolute atomic E-state index is 0.178. The molecule has 9 nitrogen and oxygen atoms in total. The van der Waals surface area contributed by atoms with Crippen LogP contribution in [0.5, 0.6) is 0 Å². The van der Waals surface area contributed by atoms with Gasteiger partial charge >= 0.3 is 0 Å². The van der Waals surface area contributed by atoms with E-state index in [2.05, 4.69) is 37.2 Å². The molecule has 2 aromatic carbocycles. The van der Waals surface area contributed by atoms with Crippen molar-refractivity contribution >= 4 is 33.0 Å². The number of pyridine rings is 1. The molecule has 3 heterocycles. The van der Waals surface area contributed by atoms with Crippen LogP contribution >= 0.6 is 0 Å². The molecule has 0 spiro atoms. The van der Waals surface area contributed by atoms with E-state index in [9.17, 15) is 8.42 Å². The van der Waals surface area contributed by atoms with Gasteiger partial charge in [0.2, 0.25) is 5.95 Å². The van der Waals surface area contributed by atoms with E-state index in [0.29, 0.717) is 22.9 Å². The Hall–Kier alpha value is -3.89. The van der Waals surface area contributed by atoms with E-state index in [0.717, 1.165) is 43.4 Å². The second-order valence-electron chi connectivity index (χ2n) is 8.49. The van der Waals surface area contributed by atoms with E-state index in [-0.39, 0.29) is 4.90 Å². The minimum Gasteiger partial charge on any atom is -0.378 e. The molecule has 2 N–H and O–H groups in total. The first-order valence-corrected chi connectivity index (χ1v) is 13.2. The number of anilines is 3. The first kappa shape index (κ1) is 23.8. The topological polar surface area (TPSA) is 101 Å². The molecule has 4 aromatic rings. The van der Waals surface area contributed by atoms with Gasteiger partial charge < -0.3 is 15.0 Å². The second kappa shape index (κ2) is 10.00. The molecule has 5 rings (SSSR count). The highest BCUT2D eigenvalue weighted by atomic mass is 32.2. The summed E-state index contributed by atoms with van der Waals surface area (Å²) in [7, 11) is -3.69. The molecular formula is C26H28N6O3S. The Kier molecular flexibility index (Phi) is 6.62. The van der Waals surface area contributed by atoms with Gasteiger partial charge in [0.15, 0.2) is 5.65 Å². The van der Waals surface area contributed by atoms with Crippen LogP contribution in [-0.2, 0) is 14.8 Å². The van der Waals surface area contributed by atoms with Gasteiger partial charge in [-0.15, -0.1) is 5.10 Å². The first-order chi connectivity index (χ1) is 17.4.